The molecule has 0 aliphatic heterocycles. The quantitative estimate of drug-likeness (QED) is 0.698. The summed E-state index contributed by atoms with van der Waals surface area (Å²) in [5.74, 6) is -1.15. The van der Waals surface area contributed by atoms with Crippen LogP contribution in [0.1, 0.15) is 30.2 Å². The second kappa shape index (κ2) is 5.49. The van der Waals surface area contributed by atoms with E-state index in [1.54, 1.807) is 0 Å². The predicted octanol–water partition coefficient (Wildman–Crippen LogP) is 0.577. The molecular weight excluding hydrogens is 224 g/mol. The Hall–Kier alpha value is -1.82. The Labute approximate surface area is 98.8 Å². The smallest absolute Gasteiger partial charge is 0.371 e. The van der Waals surface area contributed by atoms with Crippen LogP contribution in [0.4, 0.5) is 0 Å². The molecule has 6 nitrogen and oxygen atoms in total. The molecule has 6 heteroatoms. The van der Waals surface area contributed by atoms with Crippen LogP contribution >= 0.6 is 0 Å². The van der Waals surface area contributed by atoms with Crippen molar-refractivity contribution in [3.05, 3.63) is 23.7 Å². The van der Waals surface area contributed by atoms with Gasteiger partial charge in [-0.1, -0.05) is 13.8 Å². The van der Waals surface area contributed by atoms with Crippen LogP contribution < -0.4 is 11.1 Å². The molecule has 0 aliphatic carbocycles. The van der Waals surface area contributed by atoms with Crippen molar-refractivity contribution in [3.8, 4) is 0 Å². The average Bonchev–Trinajstić information content (AvgIpc) is 2.73. The van der Waals surface area contributed by atoms with Gasteiger partial charge < -0.3 is 20.6 Å². The zero-order valence-corrected chi connectivity index (χ0v) is 9.77. The van der Waals surface area contributed by atoms with E-state index in [-0.39, 0.29) is 24.1 Å². The topological polar surface area (TPSA) is 106 Å². The van der Waals surface area contributed by atoms with E-state index >= 15 is 0 Å². The van der Waals surface area contributed by atoms with Gasteiger partial charge in [0.2, 0.25) is 11.7 Å². The number of hydrogen-bond donors (Lipinski definition) is 3. The molecule has 0 saturated heterocycles. The lowest BCUT2D eigenvalue weighted by molar-refractivity contribution is -0.123. The molecule has 1 atom stereocenters. The number of carboxylic acids is 1. The van der Waals surface area contributed by atoms with Gasteiger partial charge in [0.1, 0.15) is 5.76 Å². The van der Waals surface area contributed by atoms with Gasteiger partial charge in [-0.2, -0.15) is 0 Å². The van der Waals surface area contributed by atoms with Gasteiger partial charge in [-0.05, 0) is 18.1 Å². The van der Waals surface area contributed by atoms with E-state index in [2.05, 4.69) is 5.32 Å². The van der Waals surface area contributed by atoms with Crippen molar-refractivity contribution >= 4 is 11.9 Å². The second-order valence-corrected chi connectivity index (χ2v) is 4.06. The van der Waals surface area contributed by atoms with Gasteiger partial charge in [-0.25, -0.2) is 4.79 Å². The summed E-state index contributed by atoms with van der Waals surface area (Å²) < 4.78 is 4.98. The highest BCUT2D eigenvalue weighted by Gasteiger charge is 2.17. The van der Waals surface area contributed by atoms with Crippen molar-refractivity contribution in [2.75, 3.05) is 0 Å². The molecule has 0 aliphatic rings. The van der Waals surface area contributed by atoms with Gasteiger partial charge in [0.25, 0.3) is 0 Å². The molecule has 1 aromatic heterocycles. The third kappa shape index (κ3) is 3.60. The Morgan fingerprint density at radius 1 is 1.47 bits per heavy atom. The first kappa shape index (κ1) is 13.2. The van der Waals surface area contributed by atoms with Crippen LogP contribution in [0.15, 0.2) is 16.5 Å². The Bertz CT molecular complexity index is 411. The Kier molecular flexibility index (Phi) is 4.28. The zero-order valence-electron chi connectivity index (χ0n) is 9.77. The molecular formula is C11H16N2O4. The van der Waals surface area contributed by atoms with Gasteiger partial charge in [0.15, 0.2) is 0 Å². The van der Waals surface area contributed by atoms with Crippen LogP contribution in [-0.4, -0.2) is 23.0 Å². The summed E-state index contributed by atoms with van der Waals surface area (Å²) in [6.07, 6.45) is 0. The summed E-state index contributed by atoms with van der Waals surface area (Å²) in [7, 11) is 0. The van der Waals surface area contributed by atoms with Crippen molar-refractivity contribution in [2.45, 2.75) is 26.4 Å². The fourth-order valence-electron chi connectivity index (χ4n) is 1.18. The first-order chi connectivity index (χ1) is 7.91. The van der Waals surface area contributed by atoms with E-state index in [4.69, 9.17) is 15.3 Å². The predicted molar refractivity (Wildman–Crippen MR) is 60.3 cm³/mol. The number of carboxylic acid groups (broad SMARTS) is 1. The maximum absolute atomic E-state index is 11.5. The molecule has 0 fully saturated rings. The zero-order chi connectivity index (χ0) is 13.0. The highest BCUT2D eigenvalue weighted by molar-refractivity contribution is 5.84. The van der Waals surface area contributed by atoms with E-state index in [9.17, 15) is 9.59 Å². The molecule has 0 aromatic carbocycles. The number of hydrogen-bond acceptors (Lipinski definition) is 4. The first-order valence-corrected chi connectivity index (χ1v) is 5.27. The van der Waals surface area contributed by atoms with Crippen molar-refractivity contribution < 1.29 is 19.1 Å². The van der Waals surface area contributed by atoms with Crippen molar-refractivity contribution in [2.24, 2.45) is 11.7 Å². The summed E-state index contributed by atoms with van der Waals surface area (Å²) in [6.45, 7) is 3.83. The normalized spacial score (nSPS) is 12.5. The minimum absolute atomic E-state index is 0.0428. The van der Waals surface area contributed by atoms with Crippen LogP contribution in [0.3, 0.4) is 0 Å². The van der Waals surface area contributed by atoms with E-state index in [0.717, 1.165) is 0 Å². The summed E-state index contributed by atoms with van der Waals surface area (Å²) in [5.41, 5.74) is 5.64. The third-order valence-electron chi connectivity index (χ3n) is 2.33. The number of carbonyl (C=O) groups excluding carboxylic acids is 1. The van der Waals surface area contributed by atoms with E-state index in [0.29, 0.717) is 5.76 Å². The van der Waals surface area contributed by atoms with Gasteiger partial charge in [0, 0.05) is 0 Å². The fraction of sp³-hybridized carbons (Fsp3) is 0.455. The highest BCUT2D eigenvalue weighted by atomic mass is 16.4. The van der Waals surface area contributed by atoms with Crippen LogP contribution in [-0.2, 0) is 11.3 Å². The molecule has 1 aromatic rings. The van der Waals surface area contributed by atoms with Gasteiger partial charge >= 0.3 is 5.97 Å². The average molecular weight is 240 g/mol. The minimum atomic E-state index is -1.14. The molecule has 1 amide bonds. The summed E-state index contributed by atoms with van der Waals surface area (Å²) >= 11 is 0. The summed E-state index contributed by atoms with van der Waals surface area (Å²) in [4.78, 5) is 22.1. The molecule has 94 valence electrons. The Balaban J connectivity index is 2.50. The minimum Gasteiger partial charge on any atom is -0.475 e. The SMILES string of the molecule is CC(C)[C@H](N)C(=O)NCc1ccc(C(=O)O)o1. The number of aromatic carboxylic acids is 1. The molecule has 17 heavy (non-hydrogen) atoms. The molecule has 0 spiro atoms. The van der Waals surface area contributed by atoms with E-state index in [1.807, 2.05) is 13.8 Å². The lowest BCUT2D eigenvalue weighted by Crippen LogP contribution is -2.43. The highest BCUT2D eigenvalue weighted by Crippen LogP contribution is 2.07. The molecule has 0 unspecified atom stereocenters. The maximum atomic E-state index is 11.5. The lowest BCUT2D eigenvalue weighted by atomic mass is 10.1. The largest absolute Gasteiger partial charge is 0.475 e. The Morgan fingerprint density at radius 3 is 2.59 bits per heavy atom. The molecule has 0 bridgehead atoms. The maximum Gasteiger partial charge on any atom is 0.371 e. The number of carbonyl (C=O) groups is 2. The number of nitrogens with two attached hydrogens (primary N) is 1. The van der Waals surface area contributed by atoms with E-state index in [1.165, 1.54) is 12.1 Å². The molecule has 4 N–H and O–H groups in total. The van der Waals surface area contributed by atoms with Gasteiger partial charge in [-0.3, -0.25) is 4.79 Å². The number of rotatable bonds is 5. The molecule has 0 radical (unpaired) electrons. The monoisotopic (exact) mass is 240 g/mol. The third-order valence-corrected chi connectivity index (χ3v) is 2.33. The number of amides is 1. The number of nitrogens with one attached hydrogen (secondary N) is 1. The second-order valence-electron chi connectivity index (χ2n) is 4.06. The molecule has 1 rings (SSSR count). The van der Waals surface area contributed by atoms with E-state index < -0.39 is 12.0 Å². The first-order valence-electron chi connectivity index (χ1n) is 5.27. The summed E-state index contributed by atoms with van der Waals surface area (Å²) in [6, 6.07) is 2.26. The Morgan fingerprint density at radius 2 is 2.12 bits per heavy atom. The molecule has 1 heterocycles. The molecule has 0 saturated carbocycles. The van der Waals surface area contributed by atoms with Gasteiger partial charge in [0.05, 0.1) is 12.6 Å². The van der Waals surface area contributed by atoms with Crippen molar-refractivity contribution in [3.63, 3.8) is 0 Å². The number of furan rings is 1. The van der Waals surface area contributed by atoms with Crippen LogP contribution in [0.2, 0.25) is 0 Å². The summed E-state index contributed by atoms with van der Waals surface area (Å²) in [5, 5.41) is 11.2. The van der Waals surface area contributed by atoms with Crippen molar-refractivity contribution in [1.82, 2.24) is 5.32 Å². The van der Waals surface area contributed by atoms with Gasteiger partial charge in [-0.15, -0.1) is 0 Å². The van der Waals surface area contributed by atoms with Crippen LogP contribution in [0.25, 0.3) is 0 Å². The van der Waals surface area contributed by atoms with Crippen molar-refractivity contribution in [1.29, 1.82) is 0 Å². The van der Waals surface area contributed by atoms with Crippen LogP contribution in [0, 0.1) is 5.92 Å². The lowest BCUT2D eigenvalue weighted by Gasteiger charge is -2.14. The standard InChI is InChI=1S/C11H16N2O4/c1-6(2)9(12)10(14)13-5-7-3-4-8(17-7)11(15)16/h3-4,6,9H,5,12H2,1-2H3,(H,13,14)(H,15,16)/t9-/m0/s1. The fourth-order valence-corrected chi connectivity index (χ4v) is 1.18. The van der Waals surface area contributed by atoms with Crippen LogP contribution in [0.5, 0.6) is 0 Å².